The van der Waals surface area contributed by atoms with E-state index in [0.29, 0.717) is 12.2 Å². The fraction of sp³-hybridized carbons (Fsp3) is 0.364. The Labute approximate surface area is 107 Å². The average Bonchev–Trinajstić information content (AvgIpc) is 2.19. The molecular weight excluding hydrogens is 256 g/mol. The lowest BCUT2D eigenvalue weighted by Gasteiger charge is -2.24. The van der Waals surface area contributed by atoms with E-state index in [1.165, 1.54) is 4.31 Å². The number of thiocarbonyl (C=S) groups is 1. The molecule has 0 aromatic heterocycles. The van der Waals surface area contributed by atoms with Gasteiger partial charge in [-0.15, -0.1) is 0 Å². The van der Waals surface area contributed by atoms with Gasteiger partial charge in [-0.2, -0.15) is 0 Å². The molecule has 1 rings (SSSR count). The van der Waals surface area contributed by atoms with Crippen LogP contribution in [-0.2, 0) is 10.0 Å². The molecule has 0 atom stereocenters. The summed E-state index contributed by atoms with van der Waals surface area (Å²) >= 11 is 4.67. The van der Waals surface area contributed by atoms with Crippen LogP contribution in [0.1, 0.15) is 12.5 Å². The average molecular weight is 272 g/mol. The van der Waals surface area contributed by atoms with E-state index >= 15 is 0 Å². The monoisotopic (exact) mass is 272 g/mol. The van der Waals surface area contributed by atoms with E-state index in [1.54, 1.807) is 19.1 Å². The zero-order valence-corrected chi connectivity index (χ0v) is 11.5. The third kappa shape index (κ3) is 3.41. The molecule has 1 aromatic rings. The van der Waals surface area contributed by atoms with E-state index < -0.39 is 10.0 Å². The Morgan fingerprint density at radius 2 is 2.00 bits per heavy atom. The maximum absolute atomic E-state index is 12.1. The molecule has 0 aliphatic heterocycles. The van der Waals surface area contributed by atoms with Crippen molar-refractivity contribution in [2.24, 2.45) is 5.73 Å². The number of nitrogens with two attached hydrogens (primary N) is 1. The molecule has 0 bridgehead atoms. The van der Waals surface area contributed by atoms with Gasteiger partial charge in [0.25, 0.3) is 0 Å². The van der Waals surface area contributed by atoms with Gasteiger partial charge < -0.3 is 5.73 Å². The Kier molecular flexibility index (Phi) is 4.47. The minimum atomic E-state index is -3.48. The highest BCUT2D eigenvalue weighted by atomic mass is 32.2. The molecule has 1 aromatic carbocycles. The normalized spacial score (nSPS) is 11.2. The minimum Gasteiger partial charge on any atom is -0.392 e. The van der Waals surface area contributed by atoms with Crippen LogP contribution in [0, 0.1) is 6.92 Å². The van der Waals surface area contributed by atoms with Crippen molar-refractivity contribution in [3.63, 3.8) is 0 Å². The van der Waals surface area contributed by atoms with Crippen molar-refractivity contribution in [1.82, 2.24) is 0 Å². The summed E-state index contributed by atoms with van der Waals surface area (Å²) in [6.45, 7) is 4.01. The van der Waals surface area contributed by atoms with Gasteiger partial charge in [-0.1, -0.05) is 30.4 Å². The Morgan fingerprint density at radius 3 is 2.47 bits per heavy atom. The second-order valence-electron chi connectivity index (χ2n) is 3.67. The predicted octanol–water partition coefficient (Wildman–Crippen LogP) is 1.44. The molecule has 0 heterocycles. The molecule has 0 fully saturated rings. The summed E-state index contributed by atoms with van der Waals surface area (Å²) in [5.74, 6) is -0.301. The van der Waals surface area contributed by atoms with Gasteiger partial charge in [-0.3, -0.25) is 4.31 Å². The third-order valence-electron chi connectivity index (χ3n) is 2.33. The minimum absolute atomic E-state index is 0.0166. The highest BCUT2D eigenvalue weighted by Gasteiger charge is 2.22. The molecule has 0 saturated carbocycles. The quantitative estimate of drug-likeness (QED) is 0.824. The van der Waals surface area contributed by atoms with Crippen molar-refractivity contribution in [3.8, 4) is 0 Å². The van der Waals surface area contributed by atoms with E-state index in [-0.39, 0.29) is 10.7 Å². The second kappa shape index (κ2) is 5.46. The van der Waals surface area contributed by atoms with Crippen LogP contribution in [0.5, 0.6) is 0 Å². The SMILES string of the molecule is CCN(c1ccccc1C)S(=O)(=O)CC(N)=S. The van der Waals surface area contributed by atoms with E-state index in [4.69, 9.17) is 5.73 Å². The van der Waals surface area contributed by atoms with Crippen LogP contribution in [0.3, 0.4) is 0 Å². The molecule has 0 unspecified atom stereocenters. The van der Waals surface area contributed by atoms with Crippen LogP contribution >= 0.6 is 12.2 Å². The smallest absolute Gasteiger partial charge is 0.241 e. The summed E-state index contributed by atoms with van der Waals surface area (Å²) in [7, 11) is -3.48. The van der Waals surface area contributed by atoms with Crippen molar-refractivity contribution in [2.75, 3.05) is 16.6 Å². The lowest BCUT2D eigenvalue weighted by molar-refractivity contribution is 0.595. The maximum Gasteiger partial charge on any atom is 0.241 e. The number of anilines is 1. The lowest BCUT2D eigenvalue weighted by Crippen LogP contribution is -2.37. The van der Waals surface area contributed by atoms with Crippen LogP contribution in [0.2, 0.25) is 0 Å². The molecule has 0 aliphatic carbocycles. The van der Waals surface area contributed by atoms with Crippen molar-refractivity contribution < 1.29 is 8.42 Å². The van der Waals surface area contributed by atoms with Gasteiger partial charge in [0, 0.05) is 6.54 Å². The number of aryl methyl sites for hydroxylation is 1. The van der Waals surface area contributed by atoms with Gasteiger partial charge in [-0.25, -0.2) is 8.42 Å². The number of hydrogen-bond donors (Lipinski definition) is 1. The van der Waals surface area contributed by atoms with Crippen molar-refractivity contribution in [1.29, 1.82) is 0 Å². The molecule has 2 N–H and O–H groups in total. The maximum atomic E-state index is 12.1. The standard InChI is InChI=1S/C11H16N2O2S2/c1-3-13(17(14,15)8-11(12)16)10-7-5-4-6-9(10)2/h4-7H,3,8H2,1-2H3,(H2,12,16). The first-order valence-electron chi connectivity index (χ1n) is 5.23. The fourth-order valence-electron chi connectivity index (χ4n) is 1.62. The summed E-state index contributed by atoms with van der Waals surface area (Å²) in [6, 6.07) is 7.32. The lowest BCUT2D eigenvalue weighted by atomic mass is 10.2. The molecule has 0 saturated heterocycles. The van der Waals surface area contributed by atoms with Crippen molar-refractivity contribution in [3.05, 3.63) is 29.8 Å². The molecule has 0 spiro atoms. The van der Waals surface area contributed by atoms with Gasteiger partial charge in [0.1, 0.15) is 5.75 Å². The Bertz CT molecular complexity index is 512. The Morgan fingerprint density at radius 1 is 1.41 bits per heavy atom. The first-order valence-corrected chi connectivity index (χ1v) is 7.24. The molecule has 94 valence electrons. The molecule has 17 heavy (non-hydrogen) atoms. The largest absolute Gasteiger partial charge is 0.392 e. The Balaban J connectivity index is 3.17. The highest BCUT2D eigenvalue weighted by Crippen LogP contribution is 2.22. The first-order chi connectivity index (χ1) is 7.88. The molecular formula is C11H16N2O2S2. The third-order valence-corrected chi connectivity index (χ3v) is 4.46. The molecule has 4 nitrogen and oxygen atoms in total. The second-order valence-corrected chi connectivity index (χ2v) is 6.09. The summed E-state index contributed by atoms with van der Waals surface area (Å²) in [6.07, 6.45) is 0. The summed E-state index contributed by atoms with van der Waals surface area (Å²) in [5.41, 5.74) is 6.89. The van der Waals surface area contributed by atoms with Gasteiger partial charge in [-0.05, 0) is 25.5 Å². The van der Waals surface area contributed by atoms with E-state index in [0.717, 1.165) is 5.56 Å². The number of hydrogen-bond acceptors (Lipinski definition) is 3. The van der Waals surface area contributed by atoms with Gasteiger partial charge in [0.2, 0.25) is 10.0 Å². The van der Waals surface area contributed by atoms with Crippen LogP contribution < -0.4 is 10.0 Å². The summed E-state index contributed by atoms with van der Waals surface area (Å²) < 4.78 is 25.5. The zero-order valence-electron chi connectivity index (χ0n) is 9.88. The van der Waals surface area contributed by atoms with Crippen LogP contribution in [0.15, 0.2) is 24.3 Å². The van der Waals surface area contributed by atoms with Crippen LogP contribution in [0.4, 0.5) is 5.69 Å². The Hall–Kier alpha value is -1.14. The van der Waals surface area contributed by atoms with Gasteiger partial charge >= 0.3 is 0 Å². The number of nitrogens with zero attached hydrogens (tertiary/aromatic N) is 1. The molecule has 0 radical (unpaired) electrons. The molecule has 0 amide bonds. The van der Waals surface area contributed by atoms with Crippen molar-refractivity contribution >= 4 is 32.9 Å². The fourth-order valence-corrected chi connectivity index (χ4v) is 3.48. The van der Waals surface area contributed by atoms with Crippen LogP contribution in [0.25, 0.3) is 0 Å². The topological polar surface area (TPSA) is 63.4 Å². The first kappa shape index (κ1) is 13.9. The van der Waals surface area contributed by atoms with Gasteiger partial charge in [0.05, 0.1) is 10.7 Å². The zero-order chi connectivity index (χ0) is 13.1. The van der Waals surface area contributed by atoms with E-state index in [2.05, 4.69) is 12.2 Å². The molecule has 0 aliphatic rings. The van der Waals surface area contributed by atoms with Gasteiger partial charge in [0.15, 0.2) is 0 Å². The summed E-state index contributed by atoms with van der Waals surface area (Å²) in [5, 5.41) is 0. The highest BCUT2D eigenvalue weighted by molar-refractivity contribution is 7.95. The molecule has 6 heteroatoms. The van der Waals surface area contributed by atoms with Crippen molar-refractivity contribution in [2.45, 2.75) is 13.8 Å². The summed E-state index contributed by atoms with van der Waals surface area (Å²) in [4.78, 5) is -0.0166. The van der Waals surface area contributed by atoms with Crippen LogP contribution in [-0.4, -0.2) is 25.7 Å². The number of sulfonamides is 1. The van der Waals surface area contributed by atoms with E-state index in [1.807, 2.05) is 19.1 Å². The predicted molar refractivity (Wildman–Crippen MR) is 74.8 cm³/mol. The number of rotatable bonds is 5. The number of benzene rings is 1. The van der Waals surface area contributed by atoms with E-state index in [9.17, 15) is 8.42 Å². The number of para-hydroxylation sites is 1.